The smallest absolute Gasteiger partial charge is 0.323 e. The van der Waals surface area contributed by atoms with Gasteiger partial charge < -0.3 is 110 Å². The fourth-order valence-corrected chi connectivity index (χ4v) is 18.0. The van der Waals surface area contributed by atoms with Crippen molar-refractivity contribution >= 4 is 128 Å². The molecule has 38 heteroatoms. The summed E-state index contributed by atoms with van der Waals surface area (Å²) in [6.07, 6.45) is 2.93. The maximum absolute atomic E-state index is 15.9. The van der Waals surface area contributed by atoms with Gasteiger partial charge in [0, 0.05) is 118 Å². The highest BCUT2D eigenvalue weighted by Crippen LogP contribution is 2.31. The predicted molar refractivity (Wildman–Crippen MR) is 485 cm³/mol. The minimum atomic E-state index is -1.69. The molecule has 19 N–H and O–H groups in total. The van der Waals surface area contributed by atoms with Crippen molar-refractivity contribution in [2.45, 2.75) is 274 Å². The minimum Gasteiger partial charge on any atom is -0.480 e. The van der Waals surface area contributed by atoms with Gasteiger partial charge in [0.05, 0.1) is 24.6 Å². The third-order valence-electron chi connectivity index (χ3n) is 24.9. The largest absolute Gasteiger partial charge is 0.480 e. The van der Waals surface area contributed by atoms with Crippen LogP contribution in [0.3, 0.4) is 0 Å². The van der Waals surface area contributed by atoms with Crippen molar-refractivity contribution in [1.82, 2.24) is 76.6 Å². The first kappa shape index (κ1) is 102. The number of likely N-dealkylation sites (N-methyl/N-ethyl adjacent to an activating group) is 2. The number of carboxylic acids is 1. The number of carbonyl (C=O) groups is 16. The van der Waals surface area contributed by atoms with Crippen LogP contribution in [-0.4, -0.2) is 277 Å². The third kappa shape index (κ3) is 27.4. The van der Waals surface area contributed by atoms with Crippen LogP contribution in [-0.2, 0) is 103 Å². The van der Waals surface area contributed by atoms with E-state index in [2.05, 4.69) is 47.5 Å². The number of primary amides is 1. The first-order valence-electron chi connectivity index (χ1n) is 45.5. The minimum absolute atomic E-state index is 0.0140. The number of carbonyl (C=O) groups excluding carboxylic acids is 15. The Kier molecular flexibility index (Phi) is 38.2. The number of aliphatic carboxylic acids is 1. The molecule has 0 bridgehead atoms. The Labute approximate surface area is 762 Å². The van der Waals surface area contributed by atoms with E-state index in [1.807, 2.05) is 39.8 Å². The molecule has 0 saturated carbocycles. The number of nitrogens with two attached hydrogens (primary N) is 4. The van der Waals surface area contributed by atoms with Crippen LogP contribution < -0.4 is 65.5 Å². The van der Waals surface area contributed by atoms with Gasteiger partial charge in [-0.3, -0.25) is 76.7 Å². The molecular formula is C92H132ClN19O18. The molecule has 0 aliphatic carbocycles. The number of fused-ring (bicyclic) bond motifs is 5. The van der Waals surface area contributed by atoms with Crippen LogP contribution in [0.2, 0.25) is 5.02 Å². The maximum Gasteiger partial charge on any atom is 0.323 e. The highest BCUT2D eigenvalue weighted by atomic mass is 35.5. The van der Waals surface area contributed by atoms with Crippen LogP contribution in [0.15, 0.2) is 85.2 Å². The first-order valence-corrected chi connectivity index (χ1v) is 45.9. The molecule has 0 radical (unpaired) electrons. The van der Waals surface area contributed by atoms with E-state index in [1.165, 1.54) is 33.4 Å². The van der Waals surface area contributed by atoms with Crippen molar-refractivity contribution in [2.24, 2.45) is 40.7 Å². The number of H-pyrrole nitrogens is 1. The number of aromatic nitrogens is 2. The van der Waals surface area contributed by atoms with E-state index in [1.54, 1.807) is 86.9 Å². The number of Topliss-reactive ketones (excluding diaryl/α,β-unsaturated/α-hetero) is 1. The molecule has 3 aromatic carbocycles. The van der Waals surface area contributed by atoms with Gasteiger partial charge in [-0.05, 0) is 143 Å². The summed E-state index contributed by atoms with van der Waals surface area (Å²) < 4.78 is 1.48. The molecule has 4 aliphatic rings. The molecule has 0 unspecified atom stereocenters. The van der Waals surface area contributed by atoms with Crippen molar-refractivity contribution < 1.29 is 86.9 Å². The summed E-state index contributed by atoms with van der Waals surface area (Å²) in [6.45, 7) is 9.27. The number of ketones is 1. The zero-order valence-electron chi connectivity index (χ0n) is 75.7. The van der Waals surface area contributed by atoms with Gasteiger partial charge in [-0.1, -0.05) is 127 Å². The maximum atomic E-state index is 15.9. The molecule has 4 saturated heterocycles. The predicted octanol–water partition coefficient (Wildman–Crippen LogP) is 1.74. The van der Waals surface area contributed by atoms with Crippen molar-refractivity contribution in [3.8, 4) is 0 Å². The van der Waals surface area contributed by atoms with Gasteiger partial charge in [0.1, 0.15) is 73.0 Å². The SMILES string of the molecule is CCCC[C@H]1C(=O)N(C)[C@@H](CCCC)C(=O)N[C@@H](CC(C)C)C(=O)NCCC[C@H](N)C(=O)N[C@@H](Cc2ccc(Cl)cc2)C(=O)N2CCCC[C@H]2C(=O)N[C@@H](CC(N)=O)C(=O)N2CCC[C@H]2C(=O)N[C@@H](CN)C(=O)N[C@@H](CC(C)C)C(=O)N2C[C@H](O)C[C@H]2C(=O)C[C@@H](Cc2c[nH]c3ccccc23)C(=O)N[C@@H](CCN)C(=O)N[C@@H](Cc2cn(CC(=O)O)c3ccccc23)C(=O)N1C. The van der Waals surface area contributed by atoms with E-state index < -0.39 is 217 Å². The number of aliphatic hydroxyl groups excluding tert-OH is 1. The number of amides is 14. The Hall–Kier alpha value is -11.4. The number of hydrogen-bond donors (Lipinski definition) is 15. The molecular weight excluding hydrogens is 1690 g/mol. The number of aromatic amines is 1. The Morgan fingerprint density at radius 1 is 0.531 bits per heavy atom. The summed E-state index contributed by atoms with van der Waals surface area (Å²) in [4.78, 5) is 246. The van der Waals surface area contributed by atoms with E-state index in [0.29, 0.717) is 82.0 Å². The average Bonchev–Trinajstić information content (AvgIpc) is 1.64. The topological polar surface area (TPSA) is 551 Å². The molecule has 5 aromatic rings. The van der Waals surface area contributed by atoms with E-state index >= 15 is 38.4 Å². The van der Waals surface area contributed by atoms with E-state index in [0.717, 1.165) is 9.80 Å². The number of halogens is 1. The molecule has 0 spiro atoms. The monoisotopic (exact) mass is 1830 g/mol. The number of aliphatic hydroxyl groups is 1. The Morgan fingerprint density at radius 2 is 1.08 bits per heavy atom. The number of nitrogens with zero attached hydrogens (tertiary/aromatic N) is 6. The highest BCUT2D eigenvalue weighted by Gasteiger charge is 2.47. The standard InChI is InChI=1S/C92H132ClN19O18/c1-9-11-25-72-85(123)101-65(39-52(3)4)82(120)98-36-19-23-62(96)81(119)102-67(41-54-30-32-58(93)33-31-54)89(127)110-37-18-17-28-73(110)86(124)105-69(46-78(97)115)90(128)111-38-20-29-74(111)87(125)106-70(47-95)84(122)103-66(40-53(5)6)91(129)112-50-59(113)45-76(112)77(114)44-55(42-56-48-99-63-24-15-13-21-60(56)63)80(118)100-64(34-35-94)83(121)104-68(88(126)108(8)75(26-12-10-2)92(130)107(72)7)43-57-49-109(51-79(116)117)71-27-16-14-22-61(57)71/h13-16,21-22,24,27,30-33,48-49,52-53,55,59,62,64-70,72-76,99,113H,9-12,17-20,23,25-26,28-29,34-47,50-51,94-96H2,1-8H3,(H2,97,115)(H,98,120)(H,100,118)(H,101,123)(H,102,119)(H,103,122)(H,104,121)(H,105,124)(H,106,125)(H,116,117)/t55-,59-,62+,64+,65+,66+,67+,68+,69+,70+,72+,73+,74+,75+,76+/m1/s1. The average molecular weight is 1830 g/mol. The fraction of sp³-hybridized carbons (Fsp3) is 0.587. The third-order valence-corrected chi connectivity index (χ3v) is 25.1. The molecule has 4 fully saturated rings. The lowest BCUT2D eigenvalue weighted by Crippen LogP contribution is -2.62. The lowest BCUT2D eigenvalue weighted by atomic mass is 9.90. The van der Waals surface area contributed by atoms with Crippen molar-refractivity contribution in [2.75, 3.05) is 53.4 Å². The number of rotatable bonds is 23. The van der Waals surface area contributed by atoms with Gasteiger partial charge in [-0.25, -0.2) is 0 Å². The molecule has 2 aromatic heterocycles. The normalized spacial score (nSPS) is 26.0. The van der Waals surface area contributed by atoms with E-state index in [4.69, 9.17) is 34.5 Å². The zero-order chi connectivity index (χ0) is 94.9. The van der Waals surface area contributed by atoms with Crippen LogP contribution in [0.5, 0.6) is 0 Å². The van der Waals surface area contributed by atoms with Gasteiger partial charge in [0.2, 0.25) is 82.7 Å². The van der Waals surface area contributed by atoms with Gasteiger partial charge in [0.25, 0.3) is 0 Å². The van der Waals surface area contributed by atoms with Gasteiger partial charge in [-0.15, -0.1) is 0 Å². The molecule has 710 valence electrons. The number of piperidine rings is 1. The molecule has 4 aliphatic heterocycles. The second-order valence-corrected chi connectivity index (χ2v) is 36.1. The van der Waals surface area contributed by atoms with E-state index in [-0.39, 0.29) is 128 Å². The van der Waals surface area contributed by atoms with Gasteiger partial charge in [0.15, 0.2) is 5.78 Å². The number of nitrogens with one attached hydrogen (secondary N) is 9. The molecule has 130 heavy (non-hydrogen) atoms. The summed E-state index contributed by atoms with van der Waals surface area (Å²) in [6, 6.07) is 2.41. The second-order valence-electron chi connectivity index (χ2n) is 35.7. The molecule has 9 rings (SSSR count). The van der Waals surface area contributed by atoms with Crippen LogP contribution in [0, 0.1) is 17.8 Å². The highest BCUT2D eigenvalue weighted by molar-refractivity contribution is 6.30. The molecule has 37 nitrogen and oxygen atoms in total. The van der Waals surface area contributed by atoms with Crippen LogP contribution in [0.25, 0.3) is 21.8 Å². The van der Waals surface area contributed by atoms with Crippen molar-refractivity contribution in [3.05, 3.63) is 107 Å². The summed E-state index contributed by atoms with van der Waals surface area (Å²) in [5, 5.41) is 45.5. The summed E-state index contributed by atoms with van der Waals surface area (Å²) in [7, 11) is 2.83. The Balaban J connectivity index is 1.08. The number of benzene rings is 3. The van der Waals surface area contributed by atoms with Gasteiger partial charge in [-0.2, -0.15) is 0 Å². The number of unbranched alkanes of at least 4 members (excludes halogenated alkanes) is 2. The van der Waals surface area contributed by atoms with Crippen LogP contribution in [0.1, 0.15) is 180 Å². The number of hydrogen-bond acceptors (Lipinski definition) is 20. The Bertz CT molecular complexity index is 4850. The number of para-hydroxylation sites is 2. The molecule has 6 heterocycles. The van der Waals surface area contributed by atoms with Crippen LogP contribution in [0.4, 0.5) is 0 Å². The Morgan fingerprint density at radius 3 is 1.73 bits per heavy atom. The lowest BCUT2D eigenvalue weighted by molar-refractivity contribution is -0.149. The van der Waals surface area contributed by atoms with Crippen molar-refractivity contribution in [3.63, 3.8) is 0 Å². The van der Waals surface area contributed by atoms with E-state index in [9.17, 15) is 48.6 Å². The molecule has 15 atom stereocenters. The van der Waals surface area contributed by atoms with Gasteiger partial charge >= 0.3 is 5.97 Å². The number of carboxylic acid groups (broad SMARTS) is 1. The summed E-state index contributed by atoms with van der Waals surface area (Å²) in [5.74, 6) is -15.0. The summed E-state index contributed by atoms with van der Waals surface area (Å²) >= 11 is 6.28. The summed E-state index contributed by atoms with van der Waals surface area (Å²) in [5.41, 5.74) is 27.6. The molecule has 14 amide bonds. The lowest BCUT2D eigenvalue weighted by Gasteiger charge is -2.38. The fourth-order valence-electron chi connectivity index (χ4n) is 17.9. The quantitative estimate of drug-likeness (QED) is 0.0443. The van der Waals surface area contributed by atoms with Crippen LogP contribution >= 0.6 is 11.6 Å². The first-order chi connectivity index (χ1) is 61.9. The zero-order valence-corrected chi connectivity index (χ0v) is 76.5. The van der Waals surface area contributed by atoms with Crippen molar-refractivity contribution in [1.29, 1.82) is 0 Å². The second kappa shape index (κ2) is 48.5.